The first kappa shape index (κ1) is 23.9. The molecule has 0 fully saturated rings. The molecule has 1 unspecified atom stereocenters. The van der Waals surface area contributed by atoms with Gasteiger partial charge in [0.1, 0.15) is 0 Å². The Hall–Kier alpha value is -1.10. The topological polar surface area (TPSA) is 94.8 Å². The van der Waals surface area contributed by atoms with E-state index in [1.54, 1.807) is 0 Å². The number of carboxylic acids is 2. The van der Waals surface area contributed by atoms with Crippen LogP contribution >= 0.6 is 0 Å². The van der Waals surface area contributed by atoms with Gasteiger partial charge in [-0.1, -0.05) is 77.0 Å². The first-order valence-corrected chi connectivity index (χ1v) is 10.1. The number of hydrogen-bond acceptors (Lipinski definition) is 3. The highest BCUT2D eigenvalue weighted by Gasteiger charge is 2.15. The molecule has 0 aromatic carbocycles. The first-order chi connectivity index (χ1) is 12.1. The Labute approximate surface area is 152 Å². The van der Waals surface area contributed by atoms with Gasteiger partial charge in [-0.3, -0.25) is 9.59 Å². The third-order valence-electron chi connectivity index (χ3n) is 4.77. The molecule has 0 saturated heterocycles. The fraction of sp³-hybridized carbons (Fsp3) is 0.900. The van der Waals surface area contributed by atoms with Gasteiger partial charge in [-0.25, -0.2) is 0 Å². The van der Waals surface area contributed by atoms with Gasteiger partial charge in [0, 0.05) is 13.0 Å². The molecule has 0 rings (SSSR count). The van der Waals surface area contributed by atoms with Gasteiger partial charge in [-0.15, -0.1) is 0 Å². The van der Waals surface area contributed by atoms with Crippen molar-refractivity contribution >= 4 is 11.9 Å². The van der Waals surface area contributed by atoms with E-state index >= 15 is 0 Å². The fourth-order valence-corrected chi connectivity index (χ4v) is 3.16. The molecule has 0 aliphatic rings. The smallest absolute Gasteiger partial charge is 0.306 e. The van der Waals surface area contributed by atoms with Crippen LogP contribution in [-0.4, -0.2) is 33.9 Å². The van der Waals surface area contributed by atoms with Crippen LogP contribution in [0.3, 0.4) is 0 Å². The summed E-state index contributed by atoms with van der Waals surface area (Å²) in [5, 5.41) is 26.4. The number of aliphatic hydroxyl groups excluding tert-OH is 1. The maximum atomic E-state index is 10.9. The SMILES string of the molecule is O=C(O)CCCCCCCCCCCCCCCC(CCO)C(=O)O. The average Bonchev–Trinajstić information content (AvgIpc) is 2.56. The molecule has 25 heavy (non-hydrogen) atoms. The minimum absolute atomic E-state index is 0.0424. The largest absolute Gasteiger partial charge is 0.481 e. The van der Waals surface area contributed by atoms with Crippen LogP contribution in [0.4, 0.5) is 0 Å². The zero-order valence-corrected chi connectivity index (χ0v) is 15.8. The van der Waals surface area contributed by atoms with Gasteiger partial charge in [-0.05, 0) is 19.3 Å². The van der Waals surface area contributed by atoms with Crippen LogP contribution in [0.5, 0.6) is 0 Å². The van der Waals surface area contributed by atoms with Crippen LogP contribution in [0.15, 0.2) is 0 Å². The van der Waals surface area contributed by atoms with E-state index in [0.29, 0.717) is 19.3 Å². The Bertz CT molecular complexity index is 330. The van der Waals surface area contributed by atoms with Crippen molar-refractivity contribution in [3.63, 3.8) is 0 Å². The molecule has 0 amide bonds. The Morgan fingerprint density at radius 2 is 1.00 bits per heavy atom. The van der Waals surface area contributed by atoms with E-state index < -0.39 is 11.9 Å². The summed E-state index contributed by atoms with van der Waals surface area (Å²) >= 11 is 0. The summed E-state index contributed by atoms with van der Waals surface area (Å²) in [4.78, 5) is 21.3. The van der Waals surface area contributed by atoms with Crippen LogP contribution in [0.25, 0.3) is 0 Å². The molecule has 1 atom stereocenters. The van der Waals surface area contributed by atoms with E-state index in [9.17, 15) is 9.59 Å². The third-order valence-corrected chi connectivity index (χ3v) is 4.77. The summed E-state index contributed by atoms with van der Waals surface area (Å²) in [6.45, 7) is -0.0424. The van der Waals surface area contributed by atoms with E-state index in [-0.39, 0.29) is 12.5 Å². The predicted octanol–water partition coefficient (Wildman–Crippen LogP) is 5.01. The maximum absolute atomic E-state index is 10.9. The van der Waals surface area contributed by atoms with Crippen LogP contribution in [0.2, 0.25) is 0 Å². The zero-order chi connectivity index (χ0) is 18.8. The number of unbranched alkanes of at least 4 members (excludes halogenated alkanes) is 12. The summed E-state index contributed by atoms with van der Waals surface area (Å²) < 4.78 is 0. The molecule has 5 heteroatoms. The lowest BCUT2D eigenvalue weighted by molar-refractivity contribution is -0.142. The number of carbonyl (C=O) groups is 2. The fourth-order valence-electron chi connectivity index (χ4n) is 3.16. The van der Waals surface area contributed by atoms with Gasteiger partial charge in [0.25, 0.3) is 0 Å². The standard InChI is InChI=1S/C20H38O5/c21-17-16-18(20(24)25)14-12-10-8-6-4-2-1-3-5-7-9-11-13-15-19(22)23/h18,21H,1-17H2,(H,22,23)(H,24,25). The van der Waals surface area contributed by atoms with Gasteiger partial charge in [0.05, 0.1) is 5.92 Å². The summed E-state index contributed by atoms with van der Waals surface area (Å²) in [6.07, 6.45) is 16.4. The van der Waals surface area contributed by atoms with Crippen molar-refractivity contribution in [1.29, 1.82) is 0 Å². The van der Waals surface area contributed by atoms with Crippen molar-refractivity contribution in [2.24, 2.45) is 5.92 Å². The molecule has 0 radical (unpaired) electrons. The lowest BCUT2D eigenvalue weighted by Crippen LogP contribution is -2.15. The quantitative estimate of drug-likeness (QED) is 0.282. The molecule has 0 bridgehead atoms. The van der Waals surface area contributed by atoms with Crippen molar-refractivity contribution in [1.82, 2.24) is 0 Å². The highest BCUT2D eigenvalue weighted by molar-refractivity contribution is 5.69. The molecule has 0 aromatic rings. The normalized spacial score (nSPS) is 12.2. The summed E-state index contributed by atoms with van der Waals surface area (Å²) in [5.41, 5.74) is 0. The molecule has 0 aliphatic carbocycles. The van der Waals surface area contributed by atoms with Crippen LogP contribution in [0, 0.1) is 5.92 Å². The van der Waals surface area contributed by atoms with Crippen LogP contribution in [-0.2, 0) is 9.59 Å². The van der Waals surface area contributed by atoms with Gasteiger partial charge < -0.3 is 15.3 Å². The van der Waals surface area contributed by atoms with Crippen molar-refractivity contribution < 1.29 is 24.9 Å². The Balaban J connectivity index is 3.21. The lowest BCUT2D eigenvalue weighted by atomic mass is 9.97. The molecule has 0 aromatic heterocycles. The van der Waals surface area contributed by atoms with Crippen LogP contribution < -0.4 is 0 Å². The molecule has 0 saturated carbocycles. The van der Waals surface area contributed by atoms with E-state index in [1.165, 1.54) is 51.4 Å². The number of aliphatic hydroxyl groups is 1. The lowest BCUT2D eigenvalue weighted by Gasteiger charge is -2.10. The van der Waals surface area contributed by atoms with E-state index in [4.69, 9.17) is 15.3 Å². The first-order valence-electron chi connectivity index (χ1n) is 10.1. The molecular formula is C20H38O5. The van der Waals surface area contributed by atoms with Crippen molar-refractivity contribution in [3.8, 4) is 0 Å². The Kier molecular flexibility index (Phi) is 16.9. The molecule has 148 valence electrons. The average molecular weight is 359 g/mol. The third kappa shape index (κ3) is 17.5. The summed E-state index contributed by atoms with van der Waals surface area (Å²) in [6, 6.07) is 0. The summed E-state index contributed by atoms with van der Waals surface area (Å²) in [5.74, 6) is -1.85. The Morgan fingerprint density at radius 3 is 1.36 bits per heavy atom. The number of aliphatic carboxylic acids is 2. The van der Waals surface area contributed by atoms with Crippen molar-refractivity contribution in [2.75, 3.05) is 6.61 Å². The highest BCUT2D eigenvalue weighted by Crippen LogP contribution is 2.16. The second kappa shape index (κ2) is 17.7. The minimum atomic E-state index is -0.782. The monoisotopic (exact) mass is 358 g/mol. The van der Waals surface area contributed by atoms with Crippen molar-refractivity contribution in [3.05, 3.63) is 0 Å². The Morgan fingerprint density at radius 1 is 0.600 bits per heavy atom. The zero-order valence-electron chi connectivity index (χ0n) is 15.8. The second-order valence-electron chi connectivity index (χ2n) is 7.08. The van der Waals surface area contributed by atoms with E-state index in [1.807, 2.05) is 0 Å². The second-order valence-corrected chi connectivity index (χ2v) is 7.08. The van der Waals surface area contributed by atoms with Gasteiger partial charge in [0.2, 0.25) is 0 Å². The molecule has 0 heterocycles. The van der Waals surface area contributed by atoms with Gasteiger partial charge in [0.15, 0.2) is 0 Å². The molecule has 0 aliphatic heterocycles. The van der Waals surface area contributed by atoms with Crippen molar-refractivity contribution in [2.45, 2.75) is 103 Å². The number of rotatable bonds is 19. The minimum Gasteiger partial charge on any atom is -0.481 e. The van der Waals surface area contributed by atoms with Gasteiger partial charge in [-0.2, -0.15) is 0 Å². The van der Waals surface area contributed by atoms with Crippen LogP contribution in [0.1, 0.15) is 103 Å². The number of hydrogen-bond donors (Lipinski definition) is 3. The maximum Gasteiger partial charge on any atom is 0.306 e. The van der Waals surface area contributed by atoms with E-state index in [0.717, 1.165) is 32.1 Å². The summed E-state index contributed by atoms with van der Waals surface area (Å²) in [7, 11) is 0. The molecule has 3 N–H and O–H groups in total. The van der Waals surface area contributed by atoms with Gasteiger partial charge >= 0.3 is 11.9 Å². The van der Waals surface area contributed by atoms with E-state index in [2.05, 4.69) is 0 Å². The number of carboxylic acid groups (broad SMARTS) is 2. The highest BCUT2D eigenvalue weighted by atomic mass is 16.4. The molecule has 5 nitrogen and oxygen atoms in total. The molecule has 0 spiro atoms. The molecular weight excluding hydrogens is 320 g/mol. The predicted molar refractivity (Wildman–Crippen MR) is 99.7 cm³/mol.